The monoisotopic (exact) mass is 382 g/mol. The molecule has 0 spiro atoms. The quantitative estimate of drug-likeness (QED) is 0.822. The standard InChI is InChI=1S/C18H23ClN2O3S/c19-15-8-7-14(11-16(15)25(23,24)21-9-1-2-10-21)18(22)20-17(12-3-4-12)13-5-6-13/h7-8,11-13,17H,1-6,9-10H2,(H,20,22). The van der Waals surface area contributed by atoms with Crippen LogP contribution in [0.15, 0.2) is 23.1 Å². The molecule has 4 rings (SSSR count). The summed E-state index contributed by atoms with van der Waals surface area (Å²) in [7, 11) is -3.64. The molecule has 2 aliphatic carbocycles. The van der Waals surface area contributed by atoms with E-state index in [1.807, 2.05) is 0 Å². The number of benzene rings is 1. The first-order valence-corrected chi connectivity index (χ1v) is 10.9. The molecule has 0 bridgehead atoms. The summed E-state index contributed by atoms with van der Waals surface area (Å²) in [5, 5.41) is 3.31. The normalized spacial score (nSPS) is 21.7. The van der Waals surface area contributed by atoms with Gasteiger partial charge in [-0.15, -0.1) is 0 Å². The Morgan fingerprint density at radius 3 is 2.28 bits per heavy atom. The van der Waals surface area contributed by atoms with Gasteiger partial charge >= 0.3 is 0 Å². The third-order valence-electron chi connectivity index (χ3n) is 5.43. The summed E-state index contributed by atoms with van der Waals surface area (Å²) in [5.74, 6) is 0.992. The molecule has 3 aliphatic rings. The lowest BCUT2D eigenvalue weighted by Crippen LogP contribution is -2.38. The topological polar surface area (TPSA) is 66.5 Å². The number of nitrogens with one attached hydrogen (secondary N) is 1. The molecule has 1 N–H and O–H groups in total. The molecule has 3 fully saturated rings. The summed E-state index contributed by atoms with van der Waals surface area (Å²) < 4.78 is 27.0. The van der Waals surface area contributed by atoms with Crippen LogP contribution >= 0.6 is 11.6 Å². The number of hydrogen-bond donors (Lipinski definition) is 1. The van der Waals surface area contributed by atoms with E-state index < -0.39 is 10.0 Å². The second kappa shape index (κ2) is 6.56. The second-order valence-corrected chi connectivity index (χ2v) is 9.74. The maximum Gasteiger partial charge on any atom is 0.251 e. The van der Waals surface area contributed by atoms with E-state index in [0.29, 0.717) is 30.5 Å². The van der Waals surface area contributed by atoms with Crippen molar-refractivity contribution < 1.29 is 13.2 Å². The Morgan fingerprint density at radius 2 is 1.72 bits per heavy atom. The van der Waals surface area contributed by atoms with Crippen molar-refractivity contribution >= 4 is 27.5 Å². The number of halogens is 1. The number of carbonyl (C=O) groups is 1. The van der Waals surface area contributed by atoms with Crippen LogP contribution in [0.25, 0.3) is 0 Å². The number of amides is 1. The molecule has 0 aromatic heterocycles. The van der Waals surface area contributed by atoms with Gasteiger partial charge in [0, 0.05) is 24.7 Å². The Bertz CT molecular complexity index is 770. The van der Waals surface area contributed by atoms with E-state index in [2.05, 4.69) is 5.32 Å². The summed E-state index contributed by atoms with van der Waals surface area (Å²) in [6.07, 6.45) is 6.43. The van der Waals surface area contributed by atoms with Crippen LogP contribution in [0.1, 0.15) is 48.9 Å². The average molecular weight is 383 g/mol. The van der Waals surface area contributed by atoms with Crippen molar-refractivity contribution in [2.75, 3.05) is 13.1 Å². The summed E-state index contributed by atoms with van der Waals surface area (Å²) in [5.41, 5.74) is 0.369. The zero-order chi connectivity index (χ0) is 17.6. The molecule has 0 unspecified atom stereocenters. The Labute approximate surface area is 153 Å². The van der Waals surface area contributed by atoms with E-state index in [1.54, 1.807) is 6.07 Å². The van der Waals surface area contributed by atoms with E-state index in [-0.39, 0.29) is 21.9 Å². The summed E-state index contributed by atoms with van der Waals surface area (Å²) >= 11 is 6.15. The van der Waals surface area contributed by atoms with E-state index in [4.69, 9.17) is 11.6 Å². The van der Waals surface area contributed by atoms with Crippen LogP contribution in [-0.4, -0.2) is 37.8 Å². The predicted octanol–water partition coefficient (Wildman–Crippen LogP) is 3.04. The number of carbonyl (C=O) groups excluding carboxylic acids is 1. The van der Waals surface area contributed by atoms with Crippen molar-refractivity contribution in [2.45, 2.75) is 49.5 Å². The molecule has 136 valence electrons. The Hall–Kier alpha value is -1.11. The number of hydrogen-bond acceptors (Lipinski definition) is 3. The molecule has 1 amide bonds. The van der Waals surface area contributed by atoms with Crippen LogP contribution in [0.5, 0.6) is 0 Å². The minimum atomic E-state index is -3.64. The average Bonchev–Trinajstić information content (AvgIpc) is 3.52. The first-order valence-electron chi connectivity index (χ1n) is 9.07. The van der Waals surface area contributed by atoms with Crippen molar-refractivity contribution in [3.63, 3.8) is 0 Å². The maximum absolute atomic E-state index is 12.8. The fourth-order valence-electron chi connectivity index (χ4n) is 3.68. The summed E-state index contributed by atoms with van der Waals surface area (Å²) in [6.45, 7) is 1.03. The SMILES string of the molecule is O=C(NC(C1CC1)C1CC1)c1ccc(Cl)c(S(=O)(=O)N2CCCC2)c1. The molecule has 5 nitrogen and oxygen atoms in total. The zero-order valence-electron chi connectivity index (χ0n) is 14.1. The van der Waals surface area contributed by atoms with Gasteiger partial charge in [-0.3, -0.25) is 4.79 Å². The predicted molar refractivity (Wildman–Crippen MR) is 96.1 cm³/mol. The molecule has 25 heavy (non-hydrogen) atoms. The summed E-state index contributed by atoms with van der Waals surface area (Å²) in [4.78, 5) is 12.7. The molecule has 1 heterocycles. The Kier molecular flexibility index (Phi) is 4.54. The highest BCUT2D eigenvalue weighted by atomic mass is 35.5. The van der Waals surface area contributed by atoms with Crippen LogP contribution in [0.3, 0.4) is 0 Å². The van der Waals surface area contributed by atoms with E-state index in [0.717, 1.165) is 12.8 Å². The molecular weight excluding hydrogens is 360 g/mol. The maximum atomic E-state index is 12.8. The van der Waals surface area contributed by atoms with Gasteiger partial charge in [-0.25, -0.2) is 8.42 Å². The number of sulfonamides is 1. The lowest BCUT2D eigenvalue weighted by Gasteiger charge is -2.19. The fraction of sp³-hybridized carbons (Fsp3) is 0.611. The van der Waals surface area contributed by atoms with Gasteiger partial charge in [-0.1, -0.05) is 11.6 Å². The second-order valence-electron chi connectivity index (χ2n) is 7.43. The smallest absolute Gasteiger partial charge is 0.251 e. The molecular formula is C18H23ClN2O3S. The van der Waals surface area contributed by atoms with E-state index in [1.165, 1.54) is 42.1 Å². The lowest BCUT2D eigenvalue weighted by atomic mass is 10.1. The highest BCUT2D eigenvalue weighted by Crippen LogP contribution is 2.44. The van der Waals surface area contributed by atoms with Crippen molar-refractivity contribution in [1.29, 1.82) is 0 Å². The lowest BCUT2D eigenvalue weighted by molar-refractivity contribution is 0.0926. The number of nitrogens with zero attached hydrogens (tertiary/aromatic N) is 1. The molecule has 1 aromatic carbocycles. The van der Waals surface area contributed by atoms with Crippen molar-refractivity contribution in [1.82, 2.24) is 9.62 Å². The van der Waals surface area contributed by atoms with E-state index in [9.17, 15) is 13.2 Å². The Balaban J connectivity index is 1.57. The van der Waals surface area contributed by atoms with Crippen LogP contribution < -0.4 is 5.32 Å². The fourth-order valence-corrected chi connectivity index (χ4v) is 5.69. The third kappa shape index (κ3) is 3.57. The third-order valence-corrected chi connectivity index (χ3v) is 7.81. The molecule has 2 saturated carbocycles. The van der Waals surface area contributed by atoms with Crippen LogP contribution in [-0.2, 0) is 10.0 Å². The molecule has 1 aliphatic heterocycles. The van der Waals surface area contributed by atoms with Gasteiger partial charge in [0.2, 0.25) is 10.0 Å². The van der Waals surface area contributed by atoms with Crippen molar-refractivity contribution in [3.05, 3.63) is 28.8 Å². The Morgan fingerprint density at radius 1 is 1.12 bits per heavy atom. The molecule has 0 radical (unpaired) electrons. The largest absolute Gasteiger partial charge is 0.349 e. The van der Waals surface area contributed by atoms with Crippen molar-refractivity contribution in [3.8, 4) is 0 Å². The zero-order valence-corrected chi connectivity index (χ0v) is 15.7. The summed E-state index contributed by atoms with van der Waals surface area (Å²) in [6, 6.07) is 4.80. The van der Waals surface area contributed by atoms with Gasteiger partial charge in [0.1, 0.15) is 4.90 Å². The minimum Gasteiger partial charge on any atom is -0.349 e. The highest BCUT2D eigenvalue weighted by Gasteiger charge is 2.42. The molecule has 7 heteroatoms. The van der Waals surface area contributed by atoms with E-state index >= 15 is 0 Å². The number of rotatable bonds is 6. The minimum absolute atomic E-state index is 0.0399. The molecule has 1 aromatic rings. The van der Waals surface area contributed by atoms with Crippen LogP contribution in [0.4, 0.5) is 0 Å². The van der Waals surface area contributed by atoms with Crippen LogP contribution in [0, 0.1) is 11.8 Å². The van der Waals surface area contributed by atoms with Gasteiger partial charge < -0.3 is 5.32 Å². The van der Waals surface area contributed by atoms with Gasteiger partial charge in [-0.2, -0.15) is 4.31 Å². The van der Waals surface area contributed by atoms with Crippen molar-refractivity contribution in [2.24, 2.45) is 11.8 Å². The van der Waals surface area contributed by atoms with Gasteiger partial charge in [0.25, 0.3) is 5.91 Å². The van der Waals surface area contributed by atoms with Gasteiger partial charge in [-0.05, 0) is 68.6 Å². The first kappa shape index (κ1) is 17.3. The van der Waals surface area contributed by atoms with Gasteiger partial charge in [0.15, 0.2) is 0 Å². The molecule has 1 saturated heterocycles. The van der Waals surface area contributed by atoms with Crippen LogP contribution in [0.2, 0.25) is 5.02 Å². The molecule has 0 atom stereocenters. The van der Waals surface area contributed by atoms with Gasteiger partial charge in [0.05, 0.1) is 5.02 Å². The first-order chi connectivity index (χ1) is 12.0. The highest BCUT2D eigenvalue weighted by molar-refractivity contribution is 7.89.